The first-order valence-corrected chi connectivity index (χ1v) is 10.2. The highest BCUT2D eigenvalue weighted by atomic mass is 35.5. The second kappa shape index (κ2) is 10.4. The predicted octanol–water partition coefficient (Wildman–Crippen LogP) is 4.98. The summed E-state index contributed by atoms with van der Waals surface area (Å²) in [6.07, 6.45) is 0. The molecule has 3 rings (SSSR count). The Morgan fingerprint density at radius 2 is 1.44 bits per heavy atom. The zero-order chi connectivity index (χ0) is 23.3. The summed E-state index contributed by atoms with van der Waals surface area (Å²) >= 11 is 17.8. The fraction of sp³-hybridized carbons (Fsp3) is 0.0455. The van der Waals surface area contributed by atoms with E-state index in [0.717, 1.165) is 0 Å². The van der Waals surface area contributed by atoms with Crippen LogP contribution >= 0.6 is 34.8 Å². The average Bonchev–Trinajstić information content (AvgIpc) is 2.77. The highest BCUT2D eigenvalue weighted by Gasteiger charge is 2.15. The van der Waals surface area contributed by atoms with Gasteiger partial charge in [-0.05, 0) is 54.6 Å². The van der Waals surface area contributed by atoms with E-state index in [0.29, 0.717) is 21.5 Å². The highest BCUT2D eigenvalue weighted by molar-refractivity contribution is 6.37. The van der Waals surface area contributed by atoms with E-state index in [-0.39, 0.29) is 21.7 Å². The van der Waals surface area contributed by atoms with E-state index >= 15 is 0 Å². The number of anilines is 1. The van der Waals surface area contributed by atoms with Crippen molar-refractivity contribution in [2.45, 2.75) is 0 Å². The number of benzene rings is 3. The number of rotatable bonds is 5. The Morgan fingerprint density at radius 1 is 0.750 bits per heavy atom. The minimum atomic E-state index is -0.612. The maximum absolute atomic E-state index is 12.5. The van der Waals surface area contributed by atoms with E-state index in [2.05, 4.69) is 16.2 Å². The average molecular weight is 493 g/mol. The van der Waals surface area contributed by atoms with Gasteiger partial charge in [0.25, 0.3) is 17.7 Å². The number of halogens is 3. The highest BCUT2D eigenvalue weighted by Crippen LogP contribution is 2.23. The molecule has 0 radical (unpaired) electrons. The number of ether oxygens (including phenoxy) is 1. The van der Waals surface area contributed by atoms with Crippen LogP contribution < -0.4 is 20.9 Å². The molecule has 0 heterocycles. The molecule has 164 valence electrons. The molecule has 0 unspecified atom stereocenters. The molecule has 0 bridgehead atoms. The van der Waals surface area contributed by atoms with Crippen molar-refractivity contribution in [1.29, 1.82) is 0 Å². The standard InChI is InChI=1S/C22H16Cl3N3O4/c1-32-19-8-6-13(23)10-17(19)22(31)28-27-20(29)12-3-2-4-15(9-12)26-21(30)16-7-5-14(24)11-18(16)25/h2-11H,1H3,(H,26,30)(H,27,29)(H,28,31). The van der Waals surface area contributed by atoms with E-state index in [1.54, 1.807) is 24.3 Å². The predicted molar refractivity (Wildman–Crippen MR) is 124 cm³/mol. The number of amides is 3. The Hall–Kier alpha value is -3.26. The third-order valence-electron chi connectivity index (χ3n) is 4.25. The van der Waals surface area contributed by atoms with Gasteiger partial charge in [-0.3, -0.25) is 25.2 Å². The van der Waals surface area contributed by atoms with E-state index < -0.39 is 17.7 Å². The summed E-state index contributed by atoms with van der Waals surface area (Å²) in [5.74, 6) is -1.38. The smallest absolute Gasteiger partial charge is 0.273 e. The zero-order valence-electron chi connectivity index (χ0n) is 16.5. The molecule has 3 amide bonds. The molecule has 3 aromatic carbocycles. The van der Waals surface area contributed by atoms with Gasteiger partial charge in [0.2, 0.25) is 0 Å². The number of methoxy groups -OCH3 is 1. The first kappa shape index (κ1) is 23.4. The molecule has 0 fully saturated rings. The molecule has 7 nitrogen and oxygen atoms in total. The van der Waals surface area contributed by atoms with Crippen LogP contribution in [0, 0.1) is 0 Å². The van der Waals surface area contributed by atoms with Crippen LogP contribution in [0.25, 0.3) is 0 Å². The maximum atomic E-state index is 12.5. The molecule has 10 heteroatoms. The summed E-state index contributed by atoms with van der Waals surface area (Å²) in [4.78, 5) is 37.3. The summed E-state index contributed by atoms with van der Waals surface area (Å²) in [5.41, 5.74) is 5.55. The summed E-state index contributed by atoms with van der Waals surface area (Å²) in [7, 11) is 1.41. The molecule has 32 heavy (non-hydrogen) atoms. The van der Waals surface area contributed by atoms with Crippen molar-refractivity contribution < 1.29 is 19.1 Å². The molecular formula is C22H16Cl3N3O4. The summed E-state index contributed by atoms with van der Waals surface area (Å²) in [6, 6.07) is 15.2. The van der Waals surface area contributed by atoms with Gasteiger partial charge in [0, 0.05) is 21.3 Å². The molecule has 0 saturated carbocycles. The fourth-order valence-electron chi connectivity index (χ4n) is 2.72. The van der Waals surface area contributed by atoms with Gasteiger partial charge in [-0.2, -0.15) is 0 Å². The van der Waals surface area contributed by atoms with Crippen LogP contribution in [0.3, 0.4) is 0 Å². The Balaban J connectivity index is 1.67. The number of carbonyl (C=O) groups excluding carboxylic acids is 3. The summed E-state index contributed by atoms with van der Waals surface area (Å²) in [5, 5.41) is 3.60. The molecule has 0 saturated heterocycles. The van der Waals surface area contributed by atoms with Crippen LogP contribution in [0.1, 0.15) is 31.1 Å². The Kier molecular flexibility index (Phi) is 7.58. The van der Waals surface area contributed by atoms with Gasteiger partial charge >= 0.3 is 0 Å². The van der Waals surface area contributed by atoms with Crippen LogP contribution in [0.15, 0.2) is 60.7 Å². The first-order valence-electron chi connectivity index (χ1n) is 9.09. The van der Waals surface area contributed by atoms with Gasteiger partial charge in [-0.1, -0.05) is 40.9 Å². The van der Waals surface area contributed by atoms with Crippen molar-refractivity contribution in [1.82, 2.24) is 10.9 Å². The lowest BCUT2D eigenvalue weighted by atomic mass is 10.1. The van der Waals surface area contributed by atoms with Gasteiger partial charge in [-0.15, -0.1) is 0 Å². The molecule has 3 N–H and O–H groups in total. The van der Waals surface area contributed by atoms with Crippen molar-refractivity contribution in [2.75, 3.05) is 12.4 Å². The number of nitrogens with one attached hydrogen (secondary N) is 3. The van der Waals surface area contributed by atoms with Crippen molar-refractivity contribution in [3.8, 4) is 5.75 Å². The molecule has 0 aromatic heterocycles. The van der Waals surface area contributed by atoms with Crippen molar-refractivity contribution >= 4 is 58.2 Å². The van der Waals surface area contributed by atoms with Crippen LogP contribution in [0.4, 0.5) is 5.69 Å². The fourth-order valence-corrected chi connectivity index (χ4v) is 3.39. The van der Waals surface area contributed by atoms with Crippen molar-refractivity contribution in [3.05, 3.63) is 92.4 Å². The van der Waals surface area contributed by atoms with E-state index in [1.165, 1.54) is 43.5 Å². The molecule has 0 aliphatic rings. The van der Waals surface area contributed by atoms with Crippen molar-refractivity contribution in [2.24, 2.45) is 0 Å². The van der Waals surface area contributed by atoms with Gasteiger partial charge < -0.3 is 10.1 Å². The number of hydrazine groups is 1. The quantitative estimate of drug-likeness (QED) is 0.438. The van der Waals surface area contributed by atoms with Gasteiger partial charge in [0.05, 0.1) is 23.3 Å². The Labute approximate surface area is 198 Å². The largest absolute Gasteiger partial charge is 0.496 e. The maximum Gasteiger partial charge on any atom is 0.273 e. The second-order valence-corrected chi connectivity index (χ2v) is 7.69. The van der Waals surface area contributed by atoms with E-state index in [1.807, 2.05) is 0 Å². The Bertz CT molecular complexity index is 1200. The van der Waals surface area contributed by atoms with Gasteiger partial charge in [0.15, 0.2) is 0 Å². The number of hydrogen-bond donors (Lipinski definition) is 3. The van der Waals surface area contributed by atoms with Crippen LogP contribution in [0.5, 0.6) is 5.75 Å². The molecule has 0 aliphatic carbocycles. The van der Waals surface area contributed by atoms with Gasteiger partial charge in [-0.25, -0.2) is 0 Å². The lowest BCUT2D eigenvalue weighted by Crippen LogP contribution is -2.41. The monoisotopic (exact) mass is 491 g/mol. The minimum Gasteiger partial charge on any atom is -0.496 e. The number of hydrogen-bond acceptors (Lipinski definition) is 4. The van der Waals surface area contributed by atoms with E-state index in [9.17, 15) is 14.4 Å². The Morgan fingerprint density at radius 3 is 2.16 bits per heavy atom. The topological polar surface area (TPSA) is 96.5 Å². The van der Waals surface area contributed by atoms with Crippen LogP contribution in [-0.4, -0.2) is 24.8 Å². The lowest BCUT2D eigenvalue weighted by Gasteiger charge is -2.12. The van der Waals surface area contributed by atoms with Gasteiger partial charge in [0.1, 0.15) is 5.75 Å². The molecule has 0 atom stereocenters. The summed E-state index contributed by atoms with van der Waals surface area (Å²) in [6.45, 7) is 0. The third-order valence-corrected chi connectivity index (χ3v) is 5.04. The first-order chi connectivity index (χ1) is 15.3. The molecule has 0 spiro atoms. The SMILES string of the molecule is COc1ccc(Cl)cc1C(=O)NNC(=O)c1cccc(NC(=O)c2ccc(Cl)cc2Cl)c1. The van der Waals surface area contributed by atoms with Crippen LogP contribution in [-0.2, 0) is 0 Å². The number of carbonyl (C=O) groups is 3. The van der Waals surface area contributed by atoms with Crippen molar-refractivity contribution in [3.63, 3.8) is 0 Å². The molecule has 3 aromatic rings. The molecular weight excluding hydrogens is 477 g/mol. The third kappa shape index (κ3) is 5.70. The molecule has 0 aliphatic heterocycles. The lowest BCUT2D eigenvalue weighted by molar-refractivity contribution is 0.0845. The second-order valence-electron chi connectivity index (χ2n) is 6.41. The normalized spacial score (nSPS) is 10.2. The van der Waals surface area contributed by atoms with Crippen LogP contribution in [0.2, 0.25) is 15.1 Å². The van der Waals surface area contributed by atoms with E-state index in [4.69, 9.17) is 39.5 Å². The summed E-state index contributed by atoms with van der Waals surface area (Å²) < 4.78 is 5.13. The zero-order valence-corrected chi connectivity index (χ0v) is 18.8. The minimum absolute atomic E-state index is 0.154.